The average molecular weight is 874 g/mol. The molecule has 2 aliphatic heterocycles. The minimum atomic E-state index is -2.17. The van der Waals surface area contributed by atoms with Crippen molar-refractivity contribution in [2.24, 2.45) is 7.05 Å². The Labute approximate surface area is 371 Å². The first-order chi connectivity index (χ1) is 29.6. The maximum absolute atomic E-state index is 15.4. The van der Waals surface area contributed by atoms with Crippen LogP contribution in [0.25, 0.3) is 11.3 Å². The Kier molecular flexibility index (Phi) is 12.1. The smallest absolute Gasteiger partial charge is 0.410 e. The maximum Gasteiger partial charge on any atom is 0.410 e. The van der Waals surface area contributed by atoms with Crippen LogP contribution in [0.15, 0.2) is 79.0 Å². The van der Waals surface area contributed by atoms with E-state index in [1.54, 1.807) is 17.0 Å². The Morgan fingerprint density at radius 1 is 0.857 bits per heavy atom. The van der Waals surface area contributed by atoms with Gasteiger partial charge in [0.1, 0.15) is 11.4 Å². The minimum Gasteiger partial charge on any atom is -0.544 e. The lowest BCUT2D eigenvalue weighted by Gasteiger charge is -2.36. The van der Waals surface area contributed by atoms with Crippen LogP contribution >= 0.6 is 0 Å². The number of methoxy groups -OCH3 is 1. The van der Waals surface area contributed by atoms with E-state index in [1.165, 1.54) is 29.8 Å². The van der Waals surface area contributed by atoms with Crippen molar-refractivity contribution >= 4 is 37.6 Å². The molecule has 4 heterocycles. The summed E-state index contributed by atoms with van der Waals surface area (Å²) >= 11 is 0. The topological polar surface area (TPSA) is 106 Å². The second-order valence-corrected chi connectivity index (χ2v) is 24.1. The molecule has 1 atom stereocenters. The van der Waals surface area contributed by atoms with Gasteiger partial charge in [-0.05, 0) is 130 Å². The van der Waals surface area contributed by atoms with Crippen LogP contribution in [-0.2, 0) is 37.7 Å². The van der Waals surface area contributed by atoms with Gasteiger partial charge in [0.25, 0.3) is 11.8 Å². The van der Waals surface area contributed by atoms with Crippen LogP contribution in [0.5, 0.6) is 11.6 Å². The molecule has 0 bridgehead atoms. The molecule has 0 radical (unpaired) electrons. The fourth-order valence-corrected chi connectivity index (χ4v) is 9.09. The van der Waals surface area contributed by atoms with Gasteiger partial charge >= 0.3 is 6.09 Å². The number of carbonyl (C=O) groups excluding carboxylic acids is 3. The Morgan fingerprint density at radius 2 is 1.54 bits per heavy atom. The molecule has 0 spiro atoms. The van der Waals surface area contributed by atoms with Crippen LogP contribution < -0.4 is 14.1 Å². The van der Waals surface area contributed by atoms with Crippen LogP contribution in [0.4, 0.5) is 20.6 Å². The van der Waals surface area contributed by atoms with E-state index in [4.69, 9.17) is 13.9 Å². The lowest BCUT2D eigenvalue weighted by molar-refractivity contribution is 0.0224. The Balaban J connectivity index is 1.32. The zero-order valence-electron chi connectivity index (χ0n) is 38.7. The van der Waals surface area contributed by atoms with Gasteiger partial charge in [0.15, 0.2) is 5.82 Å². The lowest BCUT2D eigenvalue weighted by atomic mass is 9.90. The van der Waals surface area contributed by atoms with E-state index >= 15 is 14.0 Å². The number of aromatic nitrogens is 2. The number of rotatable bonds is 8. The highest BCUT2D eigenvalue weighted by molar-refractivity contribution is 6.74. The number of ether oxygens (including phenoxy) is 2. The first-order valence-corrected chi connectivity index (χ1v) is 24.5. The van der Waals surface area contributed by atoms with Crippen molar-refractivity contribution in [2.75, 3.05) is 18.6 Å². The number of amides is 3. The van der Waals surface area contributed by atoms with Crippen molar-refractivity contribution < 1.29 is 32.7 Å². The monoisotopic (exact) mass is 873 g/mol. The predicted octanol–water partition coefficient (Wildman–Crippen LogP) is 10.8. The van der Waals surface area contributed by atoms with Crippen LogP contribution in [0.1, 0.15) is 97.1 Å². The second kappa shape index (κ2) is 17.0. The minimum absolute atomic E-state index is 0.0249. The highest BCUT2D eigenvalue weighted by atomic mass is 28.4. The molecule has 63 heavy (non-hydrogen) atoms. The molecule has 2 aliphatic rings. The average Bonchev–Trinajstić information content (AvgIpc) is 3.52. The highest BCUT2D eigenvalue weighted by Crippen LogP contribution is 2.40. The number of carbonyl (C=O) groups is 3. The summed E-state index contributed by atoms with van der Waals surface area (Å²) in [5, 5.41) is -0.0249. The van der Waals surface area contributed by atoms with E-state index in [0.717, 1.165) is 23.1 Å². The quantitative estimate of drug-likeness (QED) is 0.143. The van der Waals surface area contributed by atoms with E-state index in [-0.39, 0.29) is 28.6 Å². The molecule has 2 aromatic heterocycles. The van der Waals surface area contributed by atoms with Crippen LogP contribution in [-0.4, -0.2) is 70.9 Å². The van der Waals surface area contributed by atoms with Gasteiger partial charge in [-0.25, -0.2) is 14.2 Å². The third-order valence-electron chi connectivity index (χ3n) is 12.8. The molecular formula is C50H60FN5O6Si. The van der Waals surface area contributed by atoms with Gasteiger partial charge < -0.3 is 28.3 Å². The Hall–Kier alpha value is -5.95. The maximum atomic E-state index is 15.4. The summed E-state index contributed by atoms with van der Waals surface area (Å²) in [6, 6.07) is 22.4. The van der Waals surface area contributed by atoms with Crippen LogP contribution in [0.2, 0.25) is 18.1 Å². The number of fused-ring (bicyclic) bond motifs is 2. The molecule has 11 nitrogen and oxygen atoms in total. The SMILES string of the molecule is COc1ncc(N(C(=O)c2cc(-c3cc4c(cc3C(=O)N3Cc5ccccc5C[C@H]3C)CN(C(=O)OC(C)(C)C)CC4)n(C)c2C)c2ccc(O[Si](C)(C)C(C)(C)C)cc2)cc1F. The van der Waals surface area contributed by atoms with Gasteiger partial charge in [0.2, 0.25) is 14.2 Å². The van der Waals surface area contributed by atoms with Crippen molar-refractivity contribution in [3.63, 3.8) is 0 Å². The molecule has 332 valence electrons. The molecule has 3 aromatic carbocycles. The summed E-state index contributed by atoms with van der Waals surface area (Å²) in [5.74, 6) is -0.780. The molecular weight excluding hydrogens is 814 g/mol. The molecule has 5 aromatic rings. The van der Waals surface area contributed by atoms with Crippen molar-refractivity contribution in [1.29, 1.82) is 0 Å². The summed E-state index contributed by atoms with van der Waals surface area (Å²) in [6.45, 7) is 21.5. The van der Waals surface area contributed by atoms with E-state index in [0.29, 0.717) is 65.6 Å². The van der Waals surface area contributed by atoms with E-state index in [2.05, 4.69) is 57.9 Å². The number of hydrogen-bond acceptors (Lipinski definition) is 7. The molecule has 7 rings (SSSR count). The molecule has 0 aliphatic carbocycles. The summed E-state index contributed by atoms with van der Waals surface area (Å²) in [5.41, 5.74) is 7.06. The van der Waals surface area contributed by atoms with E-state index in [1.807, 2.05) is 86.7 Å². The number of anilines is 2. The number of pyridine rings is 1. The molecule has 13 heteroatoms. The first kappa shape index (κ1) is 45.1. The predicted molar refractivity (Wildman–Crippen MR) is 247 cm³/mol. The molecule has 0 saturated carbocycles. The zero-order valence-corrected chi connectivity index (χ0v) is 39.7. The second-order valence-electron chi connectivity index (χ2n) is 19.3. The number of nitrogens with zero attached hydrogens (tertiary/aromatic N) is 5. The van der Waals surface area contributed by atoms with Gasteiger partial charge in [0, 0.05) is 67.0 Å². The highest BCUT2D eigenvalue weighted by Gasteiger charge is 2.39. The van der Waals surface area contributed by atoms with Gasteiger partial charge in [-0.2, -0.15) is 0 Å². The summed E-state index contributed by atoms with van der Waals surface area (Å²) in [7, 11) is 1.05. The first-order valence-electron chi connectivity index (χ1n) is 21.6. The van der Waals surface area contributed by atoms with Gasteiger partial charge in [-0.1, -0.05) is 45.0 Å². The molecule has 0 unspecified atom stereocenters. The Morgan fingerprint density at radius 3 is 2.17 bits per heavy atom. The van der Waals surface area contributed by atoms with Crippen LogP contribution in [0, 0.1) is 12.7 Å². The lowest BCUT2D eigenvalue weighted by Crippen LogP contribution is -2.43. The largest absolute Gasteiger partial charge is 0.544 e. The van der Waals surface area contributed by atoms with Gasteiger partial charge in [0.05, 0.1) is 24.6 Å². The standard InChI is InChI=1S/C50H60FN5O6Si/c1-31-23-33-15-13-14-16-35(33)30-55(31)46(57)42-25-36-29-54(48(59)61-49(3,4)5)22-21-34(36)24-41(42)44-27-40(32(2)53(44)9)47(58)56(38-26-43(51)45(60-10)52-28-38)37-17-19-39(20-18-37)62-63(11,12)50(6,7)8/h13-20,24-28,31H,21-23,29-30H2,1-12H3/t31-/m1/s1. The van der Waals surface area contributed by atoms with Crippen molar-refractivity contribution in [1.82, 2.24) is 19.4 Å². The molecule has 0 saturated heterocycles. The molecule has 0 N–H and O–H groups in total. The number of benzene rings is 3. The zero-order chi connectivity index (χ0) is 45.8. The van der Waals surface area contributed by atoms with Crippen molar-refractivity contribution in [3.8, 4) is 22.9 Å². The van der Waals surface area contributed by atoms with Gasteiger partial charge in [-0.15, -0.1) is 0 Å². The fourth-order valence-electron chi connectivity index (χ4n) is 8.06. The number of halogens is 1. The molecule has 3 amide bonds. The fraction of sp³-hybridized carbons (Fsp3) is 0.400. The normalized spacial score (nSPS) is 15.3. The third kappa shape index (κ3) is 9.11. The van der Waals surface area contributed by atoms with Crippen LogP contribution in [0.3, 0.4) is 0 Å². The van der Waals surface area contributed by atoms with E-state index < -0.39 is 31.7 Å². The van der Waals surface area contributed by atoms with Crippen molar-refractivity contribution in [3.05, 3.63) is 124 Å². The third-order valence-corrected chi connectivity index (χ3v) is 17.1. The van der Waals surface area contributed by atoms with Crippen molar-refractivity contribution in [2.45, 2.75) is 111 Å². The summed E-state index contributed by atoms with van der Waals surface area (Å²) < 4.78 is 34.7. The summed E-state index contributed by atoms with van der Waals surface area (Å²) in [6.07, 6.45) is 2.29. The number of hydrogen-bond donors (Lipinski definition) is 0. The summed E-state index contributed by atoms with van der Waals surface area (Å²) in [4.78, 5) is 52.6. The Bertz CT molecular complexity index is 2570. The van der Waals surface area contributed by atoms with E-state index in [9.17, 15) is 4.79 Å². The van der Waals surface area contributed by atoms with Gasteiger partial charge in [-0.3, -0.25) is 14.5 Å². The molecule has 0 fully saturated rings.